The van der Waals surface area contributed by atoms with Gasteiger partial charge in [0.25, 0.3) is 5.91 Å². The zero-order valence-corrected chi connectivity index (χ0v) is 15.6. The summed E-state index contributed by atoms with van der Waals surface area (Å²) in [4.78, 5) is 37.9. The number of fused-ring (bicyclic) bond motifs is 3. The topological polar surface area (TPSA) is 95.5 Å². The first kappa shape index (κ1) is 17.5. The van der Waals surface area contributed by atoms with Gasteiger partial charge in [-0.3, -0.25) is 25.2 Å². The molecule has 2 saturated carbocycles. The van der Waals surface area contributed by atoms with Crippen molar-refractivity contribution in [1.82, 2.24) is 10.9 Å². The van der Waals surface area contributed by atoms with Crippen molar-refractivity contribution in [1.29, 1.82) is 0 Å². The van der Waals surface area contributed by atoms with Gasteiger partial charge in [0.2, 0.25) is 5.91 Å². The lowest BCUT2D eigenvalue weighted by Crippen LogP contribution is -2.48. The van der Waals surface area contributed by atoms with Crippen molar-refractivity contribution < 1.29 is 19.5 Å². The second-order valence-electron chi connectivity index (χ2n) is 8.07. The Morgan fingerprint density at radius 2 is 1.85 bits per heavy atom. The summed E-state index contributed by atoms with van der Waals surface area (Å²) < 4.78 is 0. The van der Waals surface area contributed by atoms with Gasteiger partial charge in [-0.05, 0) is 61.8 Å². The van der Waals surface area contributed by atoms with Gasteiger partial charge in [-0.25, -0.2) is 0 Å². The van der Waals surface area contributed by atoms with Crippen molar-refractivity contribution in [3.63, 3.8) is 0 Å². The van der Waals surface area contributed by atoms with Crippen molar-refractivity contribution in [2.75, 3.05) is 0 Å². The fourth-order valence-electron chi connectivity index (χ4n) is 5.16. The van der Waals surface area contributed by atoms with Crippen LogP contribution in [0.15, 0.2) is 5.38 Å². The van der Waals surface area contributed by atoms with Crippen LogP contribution >= 0.6 is 11.3 Å². The van der Waals surface area contributed by atoms with Crippen LogP contribution in [0.4, 0.5) is 0 Å². The SMILES string of the molecule is C[C@@H]1CCc2c(C(=O)NNC(=O)[C@H]3[C@H]4CC[C@@H](C4)[C@@H]3C(=O)O)csc2C1. The minimum atomic E-state index is -0.898. The van der Waals surface area contributed by atoms with Gasteiger partial charge in [0.1, 0.15) is 0 Å². The Labute approximate surface area is 156 Å². The number of rotatable bonds is 3. The average molecular weight is 376 g/mol. The van der Waals surface area contributed by atoms with E-state index >= 15 is 0 Å². The minimum absolute atomic E-state index is 0.0924. The highest BCUT2D eigenvalue weighted by atomic mass is 32.1. The predicted molar refractivity (Wildman–Crippen MR) is 96.6 cm³/mol. The molecule has 0 saturated heterocycles. The van der Waals surface area contributed by atoms with E-state index in [0.717, 1.165) is 44.1 Å². The first-order valence-corrected chi connectivity index (χ1v) is 10.3. The summed E-state index contributed by atoms with van der Waals surface area (Å²) in [5.74, 6) is -1.88. The number of carbonyl (C=O) groups excluding carboxylic acids is 2. The molecule has 26 heavy (non-hydrogen) atoms. The van der Waals surface area contributed by atoms with Gasteiger partial charge >= 0.3 is 5.97 Å². The number of carboxylic acid groups (broad SMARTS) is 1. The van der Waals surface area contributed by atoms with E-state index in [2.05, 4.69) is 17.8 Å². The molecule has 7 heteroatoms. The summed E-state index contributed by atoms with van der Waals surface area (Å²) in [6, 6.07) is 0. The third-order valence-corrected chi connectivity index (χ3v) is 7.50. The second kappa shape index (κ2) is 6.68. The maximum Gasteiger partial charge on any atom is 0.307 e. The van der Waals surface area contributed by atoms with Crippen molar-refractivity contribution >= 4 is 29.1 Å². The van der Waals surface area contributed by atoms with Crippen molar-refractivity contribution in [2.45, 2.75) is 45.4 Å². The minimum Gasteiger partial charge on any atom is -0.481 e. The third kappa shape index (κ3) is 2.92. The largest absolute Gasteiger partial charge is 0.481 e. The summed E-state index contributed by atoms with van der Waals surface area (Å²) in [7, 11) is 0. The molecule has 2 amide bonds. The van der Waals surface area contributed by atoms with Crippen LogP contribution in [-0.4, -0.2) is 22.9 Å². The molecule has 3 aliphatic rings. The van der Waals surface area contributed by atoms with E-state index < -0.39 is 17.8 Å². The molecule has 2 bridgehead atoms. The highest BCUT2D eigenvalue weighted by Gasteiger charge is 2.54. The molecule has 140 valence electrons. The van der Waals surface area contributed by atoms with Crippen molar-refractivity contribution in [3.05, 3.63) is 21.4 Å². The predicted octanol–water partition coefficient (Wildman–Crippen LogP) is 2.38. The Bertz CT molecular complexity index is 759. The Morgan fingerprint density at radius 3 is 2.58 bits per heavy atom. The molecule has 0 radical (unpaired) electrons. The first-order chi connectivity index (χ1) is 12.5. The quantitative estimate of drug-likeness (QED) is 0.706. The normalized spacial score (nSPS) is 32.1. The first-order valence-electron chi connectivity index (χ1n) is 9.38. The smallest absolute Gasteiger partial charge is 0.307 e. The number of hydrazine groups is 1. The number of nitrogens with one attached hydrogen (secondary N) is 2. The molecule has 5 atom stereocenters. The van der Waals surface area contributed by atoms with Gasteiger partial charge in [-0.2, -0.15) is 0 Å². The molecule has 3 N–H and O–H groups in total. The summed E-state index contributed by atoms with van der Waals surface area (Å²) >= 11 is 1.61. The molecule has 1 aromatic heterocycles. The van der Waals surface area contributed by atoms with E-state index in [1.165, 1.54) is 4.88 Å². The monoisotopic (exact) mass is 376 g/mol. The highest BCUT2D eigenvalue weighted by molar-refractivity contribution is 7.10. The van der Waals surface area contributed by atoms with E-state index in [-0.39, 0.29) is 23.7 Å². The molecule has 1 aromatic rings. The Balaban J connectivity index is 1.41. The molecule has 0 aliphatic heterocycles. The molecule has 0 aromatic carbocycles. The van der Waals surface area contributed by atoms with Gasteiger partial charge < -0.3 is 5.11 Å². The summed E-state index contributed by atoms with van der Waals surface area (Å²) in [6.45, 7) is 2.22. The number of carbonyl (C=O) groups is 3. The highest BCUT2D eigenvalue weighted by Crippen LogP contribution is 2.52. The molecule has 6 nitrogen and oxygen atoms in total. The summed E-state index contributed by atoms with van der Waals surface area (Å²) in [5.41, 5.74) is 6.76. The van der Waals surface area contributed by atoms with Gasteiger partial charge in [0.15, 0.2) is 0 Å². The van der Waals surface area contributed by atoms with Gasteiger partial charge in [0, 0.05) is 10.3 Å². The molecule has 3 aliphatic carbocycles. The fourth-order valence-corrected chi connectivity index (χ4v) is 6.41. The average Bonchev–Trinajstić information content (AvgIpc) is 3.32. The maximum absolute atomic E-state index is 12.6. The lowest BCUT2D eigenvalue weighted by molar-refractivity contribution is -0.149. The molecule has 2 fully saturated rings. The molecular formula is C19H24N2O4S. The molecule has 4 rings (SSSR count). The van der Waals surface area contributed by atoms with Crippen molar-refractivity contribution in [2.24, 2.45) is 29.6 Å². The standard InChI is InChI=1S/C19H24N2O4S/c1-9-2-5-12-13(8-26-14(12)6-9)17(22)20-21-18(23)15-10-3-4-11(7-10)16(15)19(24)25/h8-11,15-16H,2-7H2,1H3,(H,20,22)(H,21,23)(H,24,25)/t9-,10+,11+,15+,16+/m1/s1. The van der Waals surface area contributed by atoms with Crippen LogP contribution in [0.5, 0.6) is 0 Å². The van der Waals surface area contributed by atoms with Gasteiger partial charge in [-0.15, -0.1) is 11.3 Å². The lowest BCUT2D eigenvalue weighted by Gasteiger charge is -2.27. The number of carboxylic acids is 1. The van der Waals surface area contributed by atoms with Crippen LogP contribution in [0.2, 0.25) is 0 Å². The van der Waals surface area contributed by atoms with E-state index in [1.54, 1.807) is 11.3 Å². The lowest BCUT2D eigenvalue weighted by atomic mass is 9.79. The Hall–Kier alpha value is -1.89. The van der Waals surface area contributed by atoms with E-state index in [9.17, 15) is 19.5 Å². The Kier molecular flexibility index (Phi) is 4.50. The number of hydrogen-bond donors (Lipinski definition) is 3. The van der Waals surface area contributed by atoms with Crippen LogP contribution in [0.3, 0.4) is 0 Å². The van der Waals surface area contributed by atoms with E-state index in [0.29, 0.717) is 11.5 Å². The molecule has 1 heterocycles. The number of aliphatic carboxylic acids is 1. The van der Waals surface area contributed by atoms with Crippen LogP contribution in [0.25, 0.3) is 0 Å². The maximum atomic E-state index is 12.6. The fraction of sp³-hybridized carbons (Fsp3) is 0.632. The second-order valence-corrected chi connectivity index (χ2v) is 9.03. The zero-order chi connectivity index (χ0) is 18.4. The van der Waals surface area contributed by atoms with E-state index in [4.69, 9.17) is 0 Å². The van der Waals surface area contributed by atoms with Crippen LogP contribution in [-0.2, 0) is 22.4 Å². The van der Waals surface area contributed by atoms with E-state index in [1.807, 2.05) is 5.38 Å². The van der Waals surface area contributed by atoms with Crippen molar-refractivity contribution in [3.8, 4) is 0 Å². The number of thiophene rings is 1. The summed E-state index contributed by atoms with van der Waals surface area (Å²) in [5, 5.41) is 11.3. The number of amides is 2. The Morgan fingerprint density at radius 1 is 1.12 bits per heavy atom. The molecule has 0 unspecified atom stereocenters. The zero-order valence-electron chi connectivity index (χ0n) is 14.8. The van der Waals surface area contributed by atoms with Crippen LogP contribution < -0.4 is 10.9 Å². The summed E-state index contributed by atoms with van der Waals surface area (Å²) in [6.07, 6.45) is 5.56. The van der Waals surface area contributed by atoms with Crippen LogP contribution in [0.1, 0.15) is 53.4 Å². The van der Waals surface area contributed by atoms with Crippen LogP contribution in [0, 0.1) is 29.6 Å². The van der Waals surface area contributed by atoms with Gasteiger partial charge in [-0.1, -0.05) is 6.92 Å². The van der Waals surface area contributed by atoms with Gasteiger partial charge in [0.05, 0.1) is 17.4 Å². The molecular weight excluding hydrogens is 352 g/mol. The third-order valence-electron chi connectivity index (χ3n) is 6.45. The molecule has 0 spiro atoms. The number of hydrogen-bond acceptors (Lipinski definition) is 4.